The minimum absolute atomic E-state index is 0.0401. The number of carbonyl (C=O) groups excluding carboxylic acids is 4. The lowest BCUT2D eigenvalue weighted by molar-refractivity contribution is -0.137. The van der Waals surface area contributed by atoms with Gasteiger partial charge in [-0.15, -0.1) is 0 Å². The Morgan fingerprint density at radius 2 is 1.54 bits per heavy atom. The van der Waals surface area contributed by atoms with Gasteiger partial charge in [0, 0.05) is 25.9 Å². The summed E-state index contributed by atoms with van der Waals surface area (Å²) in [5.74, 6) is -0.735. The van der Waals surface area contributed by atoms with Crippen LogP contribution in [-0.2, 0) is 25.7 Å². The first-order valence-electron chi connectivity index (χ1n) is 9.63. The monoisotopic (exact) mass is 389 g/mol. The zero-order valence-corrected chi connectivity index (χ0v) is 17.0. The maximum atomic E-state index is 12.1. The van der Waals surface area contributed by atoms with Crippen LogP contribution in [0.4, 0.5) is 0 Å². The lowest BCUT2D eigenvalue weighted by Gasteiger charge is -2.20. The second-order valence-electron chi connectivity index (χ2n) is 6.99. The first kappa shape index (κ1) is 23.3. The van der Waals surface area contributed by atoms with E-state index in [-0.39, 0.29) is 42.5 Å². The average Bonchev–Trinajstić information content (AvgIpc) is 2.66. The summed E-state index contributed by atoms with van der Waals surface area (Å²) in [5, 5.41) is 5.50. The third-order valence-electron chi connectivity index (χ3n) is 4.53. The van der Waals surface area contributed by atoms with E-state index in [2.05, 4.69) is 10.6 Å². The highest BCUT2D eigenvalue weighted by atomic mass is 16.2. The summed E-state index contributed by atoms with van der Waals surface area (Å²) in [6.07, 6.45) is 2.41. The molecule has 7 nitrogen and oxygen atoms in total. The van der Waals surface area contributed by atoms with E-state index in [4.69, 9.17) is 0 Å². The molecule has 0 radical (unpaired) electrons. The third kappa shape index (κ3) is 9.85. The predicted octanol–water partition coefficient (Wildman–Crippen LogP) is 1.66. The van der Waals surface area contributed by atoms with Gasteiger partial charge in [-0.25, -0.2) is 0 Å². The van der Waals surface area contributed by atoms with E-state index in [1.54, 1.807) is 6.92 Å². The van der Waals surface area contributed by atoms with Gasteiger partial charge in [-0.05, 0) is 25.3 Å². The Bertz CT molecular complexity index is 661. The number of rotatable bonds is 12. The molecule has 0 aliphatic heterocycles. The van der Waals surface area contributed by atoms with Gasteiger partial charge >= 0.3 is 0 Å². The van der Waals surface area contributed by atoms with Crippen LogP contribution in [0.5, 0.6) is 0 Å². The van der Waals surface area contributed by atoms with Gasteiger partial charge in [0.15, 0.2) is 0 Å². The maximum Gasteiger partial charge on any atom is 0.239 e. The molecule has 0 aromatic heterocycles. The standard InChI is InChI=1S/C21H31N3O4/c1-16(17(2)25)9-7-8-12-22-20(27)14-24(18(3)26)15-21(28)23-13-19-10-5-4-6-11-19/h4-6,10-11,16H,7-9,12-15H2,1-3H3,(H,22,27)(H,23,28)/t16-/m0/s1. The van der Waals surface area contributed by atoms with E-state index in [0.29, 0.717) is 13.1 Å². The van der Waals surface area contributed by atoms with Crippen LogP contribution in [0.1, 0.15) is 45.6 Å². The normalized spacial score (nSPS) is 11.4. The van der Waals surface area contributed by atoms with Gasteiger partial charge in [-0.3, -0.25) is 19.2 Å². The van der Waals surface area contributed by atoms with E-state index in [0.717, 1.165) is 24.8 Å². The molecular formula is C21H31N3O4. The van der Waals surface area contributed by atoms with E-state index >= 15 is 0 Å². The van der Waals surface area contributed by atoms with Crippen LogP contribution < -0.4 is 10.6 Å². The summed E-state index contributed by atoms with van der Waals surface area (Å²) in [6, 6.07) is 9.45. The molecule has 0 heterocycles. The Morgan fingerprint density at radius 3 is 2.11 bits per heavy atom. The van der Waals surface area contributed by atoms with Crippen LogP contribution in [0.25, 0.3) is 0 Å². The van der Waals surface area contributed by atoms with E-state index in [1.165, 1.54) is 11.8 Å². The van der Waals surface area contributed by atoms with Crippen molar-refractivity contribution < 1.29 is 19.2 Å². The first-order valence-corrected chi connectivity index (χ1v) is 9.63. The number of Topliss-reactive ketones (excluding diaryl/α,β-unsaturated/α-hetero) is 1. The highest BCUT2D eigenvalue weighted by molar-refractivity contribution is 5.88. The molecule has 1 aromatic carbocycles. The van der Waals surface area contributed by atoms with Crippen molar-refractivity contribution in [1.29, 1.82) is 0 Å². The summed E-state index contributed by atoms with van der Waals surface area (Å²) in [6.45, 7) is 5.35. The molecular weight excluding hydrogens is 358 g/mol. The Labute approximate surface area is 166 Å². The SMILES string of the molecule is CC(=O)[C@@H](C)CCCCNC(=O)CN(CC(=O)NCc1ccccc1)C(C)=O. The molecule has 28 heavy (non-hydrogen) atoms. The van der Waals surface area contributed by atoms with Crippen LogP contribution in [-0.4, -0.2) is 48.0 Å². The van der Waals surface area contributed by atoms with Crippen molar-refractivity contribution in [3.05, 3.63) is 35.9 Å². The van der Waals surface area contributed by atoms with Gasteiger partial charge in [0.05, 0.1) is 0 Å². The number of amides is 3. The van der Waals surface area contributed by atoms with Crippen molar-refractivity contribution >= 4 is 23.5 Å². The molecule has 1 atom stereocenters. The largest absolute Gasteiger partial charge is 0.355 e. The van der Waals surface area contributed by atoms with Crippen molar-refractivity contribution in [2.24, 2.45) is 5.92 Å². The zero-order valence-electron chi connectivity index (χ0n) is 17.0. The Balaban J connectivity index is 2.30. The second-order valence-corrected chi connectivity index (χ2v) is 6.99. The summed E-state index contributed by atoms with van der Waals surface area (Å²) in [5.41, 5.74) is 0.960. The quantitative estimate of drug-likeness (QED) is 0.532. The average molecular weight is 389 g/mol. The Kier molecular flexibility index (Phi) is 10.5. The van der Waals surface area contributed by atoms with Crippen LogP contribution >= 0.6 is 0 Å². The van der Waals surface area contributed by atoms with Gasteiger partial charge in [0.2, 0.25) is 17.7 Å². The summed E-state index contributed by atoms with van der Waals surface area (Å²) in [7, 11) is 0. The van der Waals surface area contributed by atoms with Gasteiger partial charge in [0.1, 0.15) is 18.9 Å². The summed E-state index contributed by atoms with van der Waals surface area (Å²) >= 11 is 0. The molecule has 1 aromatic rings. The molecule has 0 saturated heterocycles. The second kappa shape index (κ2) is 12.6. The molecule has 1 rings (SSSR count). The van der Waals surface area contributed by atoms with Crippen molar-refractivity contribution in [2.45, 2.75) is 46.6 Å². The van der Waals surface area contributed by atoms with Gasteiger partial charge in [-0.2, -0.15) is 0 Å². The summed E-state index contributed by atoms with van der Waals surface area (Å²) in [4.78, 5) is 48.2. The number of ketones is 1. The lowest BCUT2D eigenvalue weighted by atomic mass is 10.0. The number of benzene rings is 1. The summed E-state index contributed by atoms with van der Waals surface area (Å²) < 4.78 is 0. The lowest BCUT2D eigenvalue weighted by Crippen LogP contribution is -2.45. The fourth-order valence-corrected chi connectivity index (χ4v) is 2.54. The minimum Gasteiger partial charge on any atom is -0.355 e. The number of carbonyl (C=O) groups is 4. The highest BCUT2D eigenvalue weighted by Gasteiger charge is 2.17. The van der Waals surface area contributed by atoms with Crippen molar-refractivity contribution in [3.63, 3.8) is 0 Å². The molecule has 0 aliphatic carbocycles. The number of unbranched alkanes of at least 4 members (excludes halogenated alkanes) is 1. The van der Waals surface area contributed by atoms with Gasteiger partial charge in [0.25, 0.3) is 0 Å². The molecule has 0 spiro atoms. The molecule has 0 saturated carbocycles. The van der Waals surface area contributed by atoms with E-state index < -0.39 is 0 Å². The third-order valence-corrected chi connectivity index (χ3v) is 4.53. The zero-order chi connectivity index (χ0) is 20.9. The topological polar surface area (TPSA) is 95.6 Å². The number of nitrogens with one attached hydrogen (secondary N) is 2. The first-order chi connectivity index (χ1) is 13.3. The molecule has 2 N–H and O–H groups in total. The molecule has 0 aliphatic rings. The molecule has 3 amide bonds. The highest BCUT2D eigenvalue weighted by Crippen LogP contribution is 2.08. The van der Waals surface area contributed by atoms with Crippen LogP contribution in [0.15, 0.2) is 30.3 Å². The van der Waals surface area contributed by atoms with Gasteiger partial charge < -0.3 is 15.5 Å². The fraction of sp³-hybridized carbons (Fsp3) is 0.524. The van der Waals surface area contributed by atoms with Gasteiger partial charge in [-0.1, -0.05) is 43.7 Å². The Hall–Kier alpha value is -2.70. The fourth-order valence-electron chi connectivity index (χ4n) is 2.54. The number of nitrogens with zero attached hydrogens (tertiary/aromatic N) is 1. The number of hydrogen-bond donors (Lipinski definition) is 2. The van der Waals surface area contributed by atoms with Crippen molar-refractivity contribution in [1.82, 2.24) is 15.5 Å². The number of hydrogen-bond acceptors (Lipinski definition) is 4. The minimum atomic E-state index is -0.333. The smallest absolute Gasteiger partial charge is 0.239 e. The molecule has 154 valence electrons. The van der Waals surface area contributed by atoms with Crippen molar-refractivity contribution in [3.8, 4) is 0 Å². The van der Waals surface area contributed by atoms with Crippen molar-refractivity contribution in [2.75, 3.05) is 19.6 Å². The van der Waals surface area contributed by atoms with E-state index in [1.807, 2.05) is 37.3 Å². The molecule has 0 unspecified atom stereocenters. The molecule has 7 heteroatoms. The predicted molar refractivity (Wildman–Crippen MR) is 107 cm³/mol. The Morgan fingerprint density at radius 1 is 0.929 bits per heavy atom. The van der Waals surface area contributed by atoms with Crippen LogP contribution in [0.3, 0.4) is 0 Å². The molecule has 0 bridgehead atoms. The molecule has 0 fully saturated rings. The van der Waals surface area contributed by atoms with E-state index in [9.17, 15) is 19.2 Å². The maximum absolute atomic E-state index is 12.1. The van der Waals surface area contributed by atoms with Crippen LogP contribution in [0.2, 0.25) is 0 Å². The van der Waals surface area contributed by atoms with Crippen LogP contribution in [0, 0.1) is 5.92 Å².